The van der Waals surface area contributed by atoms with Crippen LogP contribution in [0.15, 0.2) is 0 Å². The predicted octanol–water partition coefficient (Wildman–Crippen LogP) is 1.51. The molecule has 17 heavy (non-hydrogen) atoms. The molecule has 0 bridgehead atoms. The van der Waals surface area contributed by atoms with Gasteiger partial charge in [-0.05, 0) is 65.0 Å². The van der Waals surface area contributed by atoms with E-state index in [1.807, 2.05) is 0 Å². The van der Waals surface area contributed by atoms with Crippen molar-refractivity contribution in [3.63, 3.8) is 0 Å². The minimum Gasteiger partial charge on any atom is -0.481 e. The van der Waals surface area contributed by atoms with Gasteiger partial charge in [-0.15, -0.1) is 0 Å². The van der Waals surface area contributed by atoms with Crippen molar-refractivity contribution in [2.75, 3.05) is 40.3 Å². The molecule has 1 fully saturated rings. The number of piperidine rings is 1. The Kier molecular flexibility index (Phi) is 5.40. The van der Waals surface area contributed by atoms with Gasteiger partial charge in [0.2, 0.25) is 0 Å². The second kappa shape index (κ2) is 6.36. The maximum absolute atomic E-state index is 10.8. The van der Waals surface area contributed by atoms with Crippen LogP contribution in [0.5, 0.6) is 0 Å². The average molecular weight is 242 g/mol. The molecule has 1 aliphatic rings. The van der Waals surface area contributed by atoms with E-state index in [4.69, 9.17) is 5.11 Å². The topological polar surface area (TPSA) is 43.8 Å². The minimum absolute atomic E-state index is 0.0177. The first-order valence-electron chi connectivity index (χ1n) is 6.50. The number of hydrogen-bond acceptors (Lipinski definition) is 3. The average Bonchev–Trinajstić information content (AvgIpc) is 2.19. The summed E-state index contributed by atoms with van der Waals surface area (Å²) in [5.41, 5.74) is 0.0177. The van der Waals surface area contributed by atoms with Gasteiger partial charge in [0.25, 0.3) is 0 Å². The third-order valence-corrected chi connectivity index (χ3v) is 3.72. The molecule has 0 radical (unpaired) electrons. The van der Waals surface area contributed by atoms with E-state index in [1.165, 1.54) is 6.42 Å². The van der Waals surface area contributed by atoms with Crippen molar-refractivity contribution in [2.45, 2.75) is 32.6 Å². The second-order valence-electron chi connectivity index (χ2n) is 5.88. The fourth-order valence-electron chi connectivity index (χ4n) is 2.47. The molecule has 0 aliphatic carbocycles. The van der Waals surface area contributed by atoms with Crippen LogP contribution in [0, 0.1) is 5.41 Å². The van der Waals surface area contributed by atoms with Crippen molar-refractivity contribution >= 4 is 5.97 Å². The molecule has 100 valence electrons. The molecule has 1 rings (SSSR count). The van der Waals surface area contributed by atoms with Gasteiger partial charge in [0.15, 0.2) is 0 Å². The molecule has 0 aromatic heterocycles. The lowest BCUT2D eigenvalue weighted by Gasteiger charge is -2.38. The Bertz CT molecular complexity index is 246. The van der Waals surface area contributed by atoms with Gasteiger partial charge in [0.05, 0.1) is 6.42 Å². The third kappa shape index (κ3) is 5.50. The van der Waals surface area contributed by atoms with Gasteiger partial charge in [0, 0.05) is 0 Å². The fraction of sp³-hybridized carbons (Fsp3) is 0.923. The molecule has 0 atom stereocenters. The van der Waals surface area contributed by atoms with E-state index in [9.17, 15) is 4.79 Å². The van der Waals surface area contributed by atoms with E-state index in [2.05, 4.69) is 30.8 Å². The molecular weight excluding hydrogens is 216 g/mol. The summed E-state index contributed by atoms with van der Waals surface area (Å²) in [4.78, 5) is 15.5. The Morgan fingerprint density at radius 3 is 2.41 bits per heavy atom. The summed E-state index contributed by atoms with van der Waals surface area (Å²) in [5.74, 6) is -0.659. The molecule has 1 N–H and O–H groups in total. The Hall–Kier alpha value is -0.610. The zero-order chi connectivity index (χ0) is 12.9. The van der Waals surface area contributed by atoms with Crippen LogP contribution in [0.2, 0.25) is 0 Å². The monoisotopic (exact) mass is 242 g/mol. The summed E-state index contributed by atoms with van der Waals surface area (Å²) in [6.07, 6.45) is 3.55. The molecule has 0 aromatic carbocycles. The van der Waals surface area contributed by atoms with Gasteiger partial charge >= 0.3 is 5.97 Å². The summed E-state index contributed by atoms with van der Waals surface area (Å²) in [5, 5.41) is 8.88. The predicted molar refractivity (Wildman–Crippen MR) is 69.2 cm³/mol. The van der Waals surface area contributed by atoms with Crippen LogP contribution in [-0.2, 0) is 4.79 Å². The third-order valence-electron chi connectivity index (χ3n) is 3.72. The summed E-state index contributed by atoms with van der Waals surface area (Å²) >= 11 is 0. The highest BCUT2D eigenvalue weighted by Crippen LogP contribution is 2.34. The van der Waals surface area contributed by atoms with Crippen LogP contribution in [0.25, 0.3) is 0 Å². The lowest BCUT2D eigenvalue weighted by molar-refractivity contribution is -0.140. The fourth-order valence-corrected chi connectivity index (χ4v) is 2.47. The molecule has 0 spiro atoms. The lowest BCUT2D eigenvalue weighted by Crippen LogP contribution is -2.40. The van der Waals surface area contributed by atoms with Crippen LogP contribution in [0.3, 0.4) is 0 Å². The molecule has 0 unspecified atom stereocenters. The highest BCUT2D eigenvalue weighted by atomic mass is 16.4. The number of hydrogen-bond donors (Lipinski definition) is 1. The molecule has 1 saturated heterocycles. The van der Waals surface area contributed by atoms with E-state index >= 15 is 0 Å². The normalized spacial score (nSPS) is 20.7. The molecule has 1 heterocycles. The maximum Gasteiger partial charge on any atom is 0.303 e. The Labute approximate surface area is 105 Å². The maximum atomic E-state index is 10.8. The van der Waals surface area contributed by atoms with Gasteiger partial charge in [-0.25, -0.2) is 0 Å². The standard InChI is InChI=1S/C13H26N2O2/c1-13(11-12(16)17)5-9-15(10-6-13)8-4-7-14(2)3/h4-11H2,1-3H3,(H,16,17). The van der Waals surface area contributed by atoms with Crippen LogP contribution in [0.1, 0.15) is 32.6 Å². The van der Waals surface area contributed by atoms with Crippen LogP contribution < -0.4 is 0 Å². The first-order chi connectivity index (χ1) is 7.91. The van der Waals surface area contributed by atoms with Crippen LogP contribution >= 0.6 is 0 Å². The second-order valence-corrected chi connectivity index (χ2v) is 5.88. The number of carboxylic acids is 1. The van der Waals surface area contributed by atoms with E-state index in [-0.39, 0.29) is 5.41 Å². The van der Waals surface area contributed by atoms with E-state index in [0.29, 0.717) is 6.42 Å². The number of carbonyl (C=O) groups is 1. The number of rotatable bonds is 6. The number of nitrogens with zero attached hydrogens (tertiary/aromatic N) is 2. The van der Waals surface area contributed by atoms with Crippen molar-refractivity contribution in [3.05, 3.63) is 0 Å². The quantitative estimate of drug-likeness (QED) is 0.767. The number of likely N-dealkylation sites (tertiary alicyclic amines) is 1. The van der Waals surface area contributed by atoms with Crippen molar-refractivity contribution in [1.29, 1.82) is 0 Å². The molecule has 0 amide bonds. The van der Waals surface area contributed by atoms with Crippen LogP contribution in [-0.4, -0.2) is 61.2 Å². The smallest absolute Gasteiger partial charge is 0.303 e. The summed E-state index contributed by atoms with van der Waals surface area (Å²) in [6.45, 7) is 6.48. The summed E-state index contributed by atoms with van der Waals surface area (Å²) in [6, 6.07) is 0. The highest BCUT2D eigenvalue weighted by molar-refractivity contribution is 5.67. The van der Waals surface area contributed by atoms with Crippen molar-refractivity contribution in [3.8, 4) is 0 Å². The molecule has 0 saturated carbocycles. The van der Waals surface area contributed by atoms with E-state index in [1.54, 1.807) is 0 Å². The zero-order valence-electron chi connectivity index (χ0n) is 11.4. The minimum atomic E-state index is -0.659. The molecule has 4 nitrogen and oxygen atoms in total. The lowest BCUT2D eigenvalue weighted by atomic mass is 9.77. The van der Waals surface area contributed by atoms with Gasteiger partial charge in [-0.3, -0.25) is 4.79 Å². The van der Waals surface area contributed by atoms with Gasteiger partial charge in [-0.1, -0.05) is 6.92 Å². The summed E-state index contributed by atoms with van der Waals surface area (Å²) < 4.78 is 0. The van der Waals surface area contributed by atoms with E-state index in [0.717, 1.165) is 39.0 Å². The largest absolute Gasteiger partial charge is 0.481 e. The van der Waals surface area contributed by atoms with Crippen molar-refractivity contribution < 1.29 is 9.90 Å². The first kappa shape index (κ1) is 14.5. The number of aliphatic carboxylic acids is 1. The van der Waals surface area contributed by atoms with Crippen molar-refractivity contribution in [2.24, 2.45) is 5.41 Å². The Morgan fingerprint density at radius 2 is 1.94 bits per heavy atom. The van der Waals surface area contributed by atoms with Gasteiger partial charge < -0.3 is 14.9 Å². The molecule has 4 heteroatoms. The highest BCUT2D eigenvalue weighted by Gasteiger charge is 2.31. The molecule has 0 aromatic rings. The Balaban J connectivity index is 2.23. The van der Waals surface area contributed by atoms with Crippen molar-refractivity contribution in [1.82, 2.24) is 9.80 Å². The van der Waals surface area contributed by atoms with Gasteiger partial charge in [-0.2, -0.15) is 0 Å². The van der Waals surface area contributed by atoms with E-state index < -0.39 is 5.97 Å². The molecule has 1 aliphatic heterocycles. The SMILES string of the molecule is CN(C)CCCN1CCC(C)(CC(=O)O)CC1. The summed E-state index contributed by atoms with van der Waals surface area (Å²) in [7, 11) is 4.19. The molecular formula is C13H26N2O2. The first-order valence-corrected chi connectivity index (χ1v) is 6.50. The van der Waals surface area contributed by atoms with Crippen LogP contribution in [0.4, 0.5) is 0 Å². The number of carboxylic acid groups (broad SMARTS) is 1. The van der Waals surface area contributed by atoms with Gasteiger partial charge in [0.1, 0.15) is 0 Å². The zero-order valence-corrected chi connectivity index (χ0v) is 11.4. The Morgan fingerprint density at radius 1 is 1.35 bits per heavy atom.